The van der Waals surface area contributed by atoms with Crippen LogP contribution in [0.25, 0.3) is 10.9 Å². The lowest BCUT2D eigenvalue weighted by Crippen LogP contribution is -2.43. The molecule has 0 unspecified atom stereocenters. The molecular formula is C31H37F2N5O7S. The first-order valence-electron chi connectivity index (χ1n) is 14.3. The highest BCUT2D eigenvalue weighted by atomic mass is 32.2. The van der Waals surface area contributed by atoms with Gasteiger partial charge < -0.3 is 28.7 Å². The third kappa shape index (κ3) is 11.0. The Morgan fingerprint density at radius 3 is 2.46 bits per heavy atom. The van der Waals surface area contributed by atoms with Gasteiger partial charge in [-0.3, -0.25) is 14.6 Å². The van der Waals surface area contributed by atoms with E-state index >= 15 is 0 Å². The summed E-state index contributed by atoms with van der Waals surface area (Å²) in [5.74, 6) is -3.89. The van der Waals surface area contributed by atoms with Gasteiger partial charge in [0.15, 0.2) is 0 Å². The molecule has 1 N–H and O–H groups in total. The molecule has 248 valence electrons. The number of fused-ring (bicyclic) bond motifs is 1. The predicted octanol–water partition coefficient (Wildman–Crippen LogP) is 2.73. The van der Waals surface area contributed by atoms with Gasteiger partial charge in [0.25, 0.3) is 11.8 Å². The maximum absolute atomic E-state index is 13.6. The van der Waals surface area contributed by atoms with Crippen LogP contribution in [0.5, 0.6) is 5.75 Å². The van der Waals surface area contributed by atoms with Crippen LogP contribution in [0.1, 0.15) is 22.3 Å². The Balaban J connectivity index is 0.000000441. The highest BCUT2D eigenvalue weighted by Gasteiger charge is 2.47. The number of hydrogen-bond donors (Lipinski definition) is 1. The van der Waals surface area contributed by atoms with Crippen molar-refractivity contribution >= 4 is 32.8 Å². The maximum atomic E-state index is 13.6. The Morgan fingerprint density at radius 2 is 1.83 bits per heavy atom. The van der Waals surface area contributed by atoms with Crippen molar-refractivity contribution in [1.29, 1.82) is 5.26 Å². The first kappa shape index (κ1) is 36.2. The van der Waals surface area contributed by atoms with E-state index in [0.717, 1.165) is 21.5 Å². The number of rotatable bonds is 11. The minimum atomic E-state index is -4.27. The lowest BCUT2D eigenvalue weighted by atomic mass is 10.1. The van der Waals surface area contributed by atoms with Crippen molar-refractivity contribution in [1.82, 2.24) is 15.2 Å². The van der Waals surface area contributed by atoms with Gasteiger partial charge in [-0.05, 0) is 43.3 Å². The van der Waals surface area contributed by atoms with Gasteiger partial charge in [-0.15, -0.1) is 0 Å². The number of likely N-dealkylation sites (tertiary alicyclic amines) is 1. The average molecular weight is 662 g/mol. The quantitative estimate of drug-likeness (QED) is 0.185. The summed E-state index contributed by atoms with van der Waals surface area (Å²) in [5.41, 5.74) is 1.74. The van der Waals surface area contributed by atoms with Crippen molar-refractivity contribution in [2.24, 2.45) is 0 Å². The van der Waals surface area contributed by atoms with Crippen LogP contribution in [0, 0.1) is 18.3 Å². The fourth-order valence-corrected chi connectivity index (χ4v) is 4.79. The summed E-state index contributed by atoms with van der Waals surface area (Å²) in [6.07, 6.45) is 0.760. The number of quaternary nitrogens is 1. The molecule has 1 aliphatic heterocycles. The van der Waals surface area contributed by atoms with Crippen LogP contribution >= 0.6 is 0 Å². The predicted molar refractivity (Wildman–Crippen MR) is 163 cm³/mol. The second kappa shape index (κ2) is 15.4. The summed E-state index contributed by atoms with van der Waals surface area (Å²) in [6.45, 7) is 2.72. The third-order valence-electron chi connectivity index (χ3n) is 6.81. The number of likely N-dealkylation sites (N-methyl/N-ethyl adjacent to an activating group) is 1. The molecule has 4 rings (SSSR count). The van der Waals surface area contributed by atoms with Crippen molar-refractivity contribution in [3.05, 3.63) is 65.9 Å². The maximum Gasteiger partial charge on any atom is 0.268 e. The zero-order chi connectivity index (χ0) is 34.1. The topological polar surface area (TPSA) is 162 Å². The number of amides is 2. The van der Waals surface area contributed by atoms with E-state index in [0.29, 0.717) is 36.5 Å². The number of nitrogens with zero attached hydrogens (tertiary/aromatic N) is 4. The number of pyridine rings is 1. The number of benzene rings is 2. The van der Waals surface area contributed by atoms with Crippen molar-refractivity contribution in [2.45, 2.75) is 30.2 Å². The molecule has 1 fully saturated rings. The molecule has 1 aliphatic rings. The van der Waals surface area contributed by atoms with Crippen LogP contribution < -0.4 is 10.1 Å². The minimum Gasteiger partial charge on any atom is -0.744 e. The number of aryl methyl sites for hydroxylation is 1. The van der Waals surface area contributed by atoms with E-state index in [2.05, 4.69) is 31.4 Å². The molecule has 2 aromatic carbocycles. The standard InChI is InChI=1S/C24H29F2N5O4.C7H8O3S/c1-31(2,3)8-9-34-10-11-35-18-4-5-21-20(12-18)19(6-7-28-21)23(33)29-15-22(32)30-16-24(25,26)13-17(30)14-27;1-6-2-4-7(5-3-6)11(8,9)10/h4-7,12,17H,8-11,13,15-16H2,1-3H3;2-5H,1H3,(H,8,9,10)/t17-;/m0./s1. The normalized spacial score (nSPS) is 15.9. The van der Waals surface area contributed by atoms with Gasteiger partial charge in [-0.2, -0.15) is 5.26 Å². The number of carbonyl (C=O) groups is 2. The zero-order valence-electron chi connectivity index (χ0n) is 26.0. The number of halogens is 2. The summed E-state index contributed by atoms with van der Waals surface area (Å²) in [5, 5.41) is 12.0. The number of ether oxygens (including phenoxy) is 2. The number of carbonyl (C=O) groups excluding carboxylic acids is 2. The SMILES string of the molecule is C[N+](C)(C)CCOCCOc1ccc2nccc(C(=O)NCC(=O)N3CC(F)(F)C[C@H]3C#N)c2c1.Cc1ccc(S(=O)(=O)[O-])cc1. The number of aromatic nitrogens is 1. The molecule has 1 saturated heterocycles. The monoisotopic (exact) mass is 661 g/mol. The number of nitrogens with one attached hydrogen (secondary N) is 1. The molecule has 2 heterocycles. The van der Waals surface area contributed by atoms with Crippen LogP contribution in [-0.4, -0.2) is 112 Å². The van der Waals surface area contributed by atoms with Crippen molar-refractivity contribution in [3.8, 4) is 11.8 Å². The van der Waals surface area contributed by atoms with Gasteiger partial charge in [0.1, 0.15) is 35.1 Å². The second-order valence-corrected chi connectivity index (χ2v) is 13.1. The molecule has 3 aromatic rings. The number of hydrogen-bond acceptors (Lipinski definition) is 9. The van der Waals surface area contributed by atoms with Crippen LogP contribution in [0.4, 0.5) is 8.78 Å². The Bertz CT molecular complexity index is 1670. The fraction of sp³-hybridized carbons (Fsp3) is 0.419. The van der Waals surface area contributed by atoms with E-state index in [1.807, 2.05) is 6.92 Å². The van der Waals surface area contributed by atoms with Gasteiger partial charge in [0.05, 0.1) is 69.5 Å². The zero-order valence-corrected chi connectivity index (χ0v) is 26.9. The Labute approximate surface area is 266 Å². The van der Waals surface area contributed by atoms with Crippen LogP contribution in [0.15, 0.2) is 59.6 Å². The molecule has 12 nitrogen and oxygen atoms in total. The number of alkyl halides is 2. The highest BCUT2D eigenvalue weighted by molar-refractivity contribution is 7.85. The first-order valence-corrected chi connectivity index (χ1v) is 15.7. The molecular weight excluding hydrogens is 624 g/mol. The molecule has 15 heteroatoms. The lowest BCUT2D eigenvalue weighted by molar-refractivity contribution is -0.870. The van der Waals surface area contributed by atoms with E-state index in [1.165, 1.54) is 24.4 Å². The molecule has 0 radical (unpaired) electrons. The molecule has 2 amide bonds. The molecule has 0 spiro atoms. The highest BCUT2D eigenvalue weighted by Crippen LogP contribution is 2.31. The van der Waals surface area contributed by atoms with Crippen molar-refractivity contribution < 1.29 is 45.3 Å². The van der Waals surface area contributed by atoms with E-state index < -0.39 is 53.4 Å². The lowest BCUT2D eigenvalue weighted by Gasteiger charge is -2.23. The van der Waals surface area contributed by atoms with Crippen LogP contribution in [-0.2, 0) is 19.6 Å². The van der Waals surface area contributed by atoms with Crippen molar-refractivity contribution in [3.63, 3.8) is 0 Å². The summed E-state index contributed by atoms with van der Waals surface area (Å²) in [7, 11) is 1.98. The Morgan fingerprint density at radius 1 is 1.13 bits per heavy atom. The van der Waals surface area contributed by atoms with Gasteiger partial charge in [0, 0.05) is 18.0 Å². The van der Waals surface area contributed by atoms with E-state index in [9.17, 15) is 31.3 Å². The summed E-state index contributed by atoms with van der Waals surface area (Å²) in [4.78, 5) is 30.1. The largest absolute Gasteiger partial charge is 0.744 e. The van der Waals surface area contributed by atoms with Gasteiger partial charge in [-0.1, -0.05) is 17.7 Å². The smallest absolute Gasteiger partial charge is 0.268 e. The van der Waals surface area contributed by atoms with Crippen molar-refractivity contribution in [2.75, 3.05) is 60.6 Å². The Kier molecular flexibility index (Phi) is 12.1. The Hall–Kier alpha value is -4.23. The van der Waals surface area contributed by atoms with E-state index in [4.69, 9.17) is 14.7 Å². The summed E-state index contributed by atoms with van der Waals surface area (Å²) < 4.78 is 70.5. The second-order valence-electron chi connectivity index (χ2n) is 11.7. The first-order chi connectivity index (χ1) is 21.5. The summed E-state index contributed by atoms with van der Waals surface area (Å²) >= 11 is 0. The van der Waals surface area contributed by atoms with E-state index in [1.54, 1.807) is 36.4 Å². The van der Waals surface area contributed by atoms with E-state index in [-0.39, 0.29) is 10.5 Å². The minimum absolute atomic E-state index is 0.178. The average Bonchev–Trinajstić information content (AvgIpc) is 3.31. The molecule has 1 aromatic heterocycles. The molecule has 0 aliphatic carbocycles. The fourth-order valence-electron chi connectivity index (χ4n) is 4.32. The third-order valence-corrected chi connectivity index (χ3v) is 7.66. The molecule has 1 atom stereocenters. The van der Waals surface area contributed by atoms with Crippen LogP contribution in [0.2, 0.25) is 0 Å². The molecule has 46 heavy (non-hydrogen) atoms. The van der Waals surface area contributed by atoms with Gasteiger partial charge >= 0.3 is 0 Å². The van der Waals surface area contributed by atoms with Crippen LogP contribution in [0.3, 0.4) is 0 Å². The van der Waals surface area contributed by atoms with Gasteiger partial charge in [-0.25, -0.2) is 17.2 Å². The summed E-state index contributed by atoms with van der Waals surface area (Å²) in [6, 6.07) is 12.9. The molecule has 0 saturated carbocycles. The van der Waals surface area contributed by atoms with Gasteiger partial charge in [0.2, 0.25) is 5.91 Å². The number of nitriles is 1. The molecule has 0 bridgehead atoms.